The van der Waals surface area contributed by atoms with Crippen LogP contribution in [0.3, 0.4) is 0 Å². The van der Waals surface area contributed by atoms with Gasteiger partial charge in [-0.15, -0.1) is 0 Å². The zero-order valence-electron chi connectivity index (χ0n) is 39.3. The minimum atomic E-state index is -4.41. The number of nitrogens with two attached hydrogens (primary N) is 1. The van der Waals surface area contributed by atoms with Crippen molar-refractivity contribution in [2.75, 3.05) is 36.8 Å². The molecule has 2 aliphatic heterocycles. The lowest BCUT2D eigenvalue weighted by Gasteiger charge is -2.27. The Balaban J connectivity index is 1.23. The van der Waals surface area contributed by atoms with Gasteiger partial charge in [0.15, 0.2) is 5.71 Å². The third-order valence-electron chi connectivity index (χ3n) is 13.0. The van der Waals surface area contributed by atoms with Crippen LogP contribution in [-0.2, 0) is 46.0 Å². The van der Waals surface area contributed by atoms with Gasteiger partial charge in [-0.05, 0) is 128 Å². The maximum Gasteiger partial charge on any atom is 0.294 e. The summed E-state index contributed by atoms with van der Waals surface area (Å²) in [7, 11) is -12.9. The van der Waals surface area contributed by atoms with Crippen LogP contribution in [0, 0.1) is 0 Å². The van der Waals surface area contributed by atoms with E-state index in [-0.39, 0.29) is 27.9 Å². The minimum absolute atomic E-state index is 0.0651. The maximum absolute atomic E-state index is 12.5. The molecule has 4 aromatic rings. The lowest BCUT2D eigenvalue weighted by atomic mass is 9.79. The van der Waals surface area contributed by atoms with Gasteiger partial charge in [0.1, 0.15) is 6.54 Å². The summed E-state index contributed by atoms with van der Waals surface area (Å²) in [6.07, 6.45) is 21.5. The highest BCUT2D eigenvalue weighted by molar-refractivity contribution is 7.86. The zero-order chi connectivity index (χ0) is 49.5. The van der Waals surface area contributed by atoms with Crippen molar-refractivity contribution < 1.29 is 48.3 Å². The fourth-order valence-corrected chi connectivity index (χ4v) is 11.3. The minimum Gasteiger partial charge on any atom is -0.356 e. The number of unbranched alkanes of at least 4 members (excludes halogenated alkanes) is 6. The molecule has 0 aliphatic carbocycles. The molecule has 2 heterocycles. The Morgan fingerprint density at radius 3 is 1.93 bits per heavy atom. The number of hydrogen-bond donors (Lipinski definition) is 5. The number of nitrogens with one attached hydrogen (secondary N) is 1. The summed E-state index contributed by atoms with van der Waals surface area (Å²) in [5.41, 5.74) is 10.4. The third-order valence-corrected chi connectivity index (χ3v) is 15.5. The molecule has 0 spiro atoms. The van der Waals surface area contributed by atoms with Gasteiger partial charge < -0.3 is 16.0 Å². The third kappa shape index (κ3) is 12.4. The number of allylic oxidation sites excluding steroid dienone is 8. The average Bonchev–Trinajstić information content (AvgIpc) is 3.62. The Hall–Kier alpha value is -5.01. The summed E-state index contributed by atoms with van der Waals surface area (Å²) in [6.45, 7) is 11.0. The van der Waals surface area contributed by atoms with Crippen molar-refractivity contribution in [1.82, 2.24) is 5.32 Å². The molecule has 14 nitrogen and oxygen atoms in total. The van der Waals surface area contributed by atoms with Gasteiger partial charge in [-0.25, -0.2) is 0 Å². The molecule has 2 aliphatic rings. The fraction of sp³-hybridized carbons (Fsp3) is 0.412. The van der Waals surface area contributed by atoms with Gasteiger partial charge in [0.2, 0.25) is 11.6 Å². The highest BCUT2D eigenvalue weighted by Gasteiger charge is 2.45. The van der Waals surface area contributed by atoms with Crippen LogP contribution in [0.15, 0.2) is 119 Å². The average molecular weight is 990 g/mol. The van der Waals surface area contributed by atoms with Crippen LogP contribution < -0.4 is 16.0 Å². The first-order valence-electron chi connectivity index (χ1n) is 23.2. The number of rotatable bonds is 23. The second kappa shape index (κ2) is 21.7. The molecule has 6 rings (SSSR count). The van der Waals surface area contributed by atoms with E-state index >= 15 is 0 Å². The number of amides is 1. The van der Waals surface area contributed by atoms with Gasteiger partial charge >= 0.3 is 0 Å². The summed E-state index contributed by atoms with van der Waals surface area (Å²) >= 11 is 0. The van der Waals surface area contributed by atoms with Crippen molar-refractivity contribution in [3.05, 3.63) is 120 Å². The van der Waals surface area contributed by atoms with Crippen molar-refractivity contribution in [2.45, 2.75) is 113 Å². The number of carbonyl (C=O) groups is 1. The van der Waals surface area contributed by atoms with Crippen LogP contribution in [0.4, 0.5) is 11.4 Å². The Morgan fingerprint density at radius 1 is 0.676 bits per heavy atom. The highest BCUT2D eigenvalue weighted by Crippen LogP contribution is 2.51. The predicted molar refractivity (Wildman–Crippen MR) is 271 cm³/mol. The molecule has 17 heteroatoms. The van der Waals surface area contributed by atoms with Gasteiger partial charge in [0, 0.05) is 60.4 Å². The molecule has 366 valence electrons. The lowest BCUT2D eigenvalue weighted by Crippen LogP contribution is -2.28. The molecule has 68 heavy (non-hydrogen) atoms. The molecule has 0 aromatic heterocycles. The molecule has 0 unspecified atom stereocenters. The number of anilines is 1. The van der Waals surface area contributed by atoms with Crippen LogP contribution in [0.25, 0.3) is 21.5 Å². The van der Waals surface area contributed by atoms with E-state index in [4.69, 9.17) is 5.73 Å². The van der Waals surface area contributed by atoms with E-state index in [2.05, 4.69) is 48.6 Å². The standard InChI is InChI=1S/C51H64N4O10S3/c1-50(2)45(54(32-16-10-13-21-47(56)53-31-15-9-8-14-30-52)43-28-22-37-35-39(67(60,61)62)24-26-41(37)48(43)50)19-11-6-5-7-12-20-46-51(3,4)49-42-27-25-40(68(63,64)65)36-38(42)23-29-44(49)55(46)33-17-18-34-66(57,58)59/h5-7,11-12,19-20,22-29,35-36H,8-10,13-18,21,30-34,52H2,1-4H3,(H3-,53,56,57,58,59,60,61,62,63,64,65)/p+1. The van der Waals surface area contributed by atoms with E-state index in [0.717, 1.165) is 89.6 Å². The Bertz CT molecular complexity index is 3040. The van der Waals surface area contributed by atoms with E-state index in [1.165, 1.54) is 24.3 Å². The van der Waals surface area contributed by atoms with Gasteiger partial charge in [-0.2, -0.15) is 29.8 Å². The quantitative estimate of drug-likeness (QED) is 0.0203. The van der Waals surface area contributed by atoms with Crippen molar-refractivity contribution in [1.29, 1.82) is 0 Å². The monoisotopic (exact) mass is 989 g/mol. The molecular weight excluding hydrogens is 925 g/mol. The zero-order valence-corrected chi connectivity index (χ0v) is 41.8. The molecule has 1 amide bonds. The molecule has 0 fully saturated rings. The summed E-state index contributed by atoms with van der Waals surface area (Å²) < 4.78 is 102. The largest absolute Gasteiger partial charge is 0.356 e. The predicted octanol–water partition coefficient (Wildman–Crippen LogP) is 9.08. The number of nitrogens with zero attached hydrogens (tertiary/aromatic N) is 2. The molecule has 0 atom stereocenters. The van der Waals surface area contributed by atoms with Crippen molar-refractivity contribution in [3.63, 3.8) is 0 Å². The maximum atomic E-state index is 12.5. The Morgan fingerprint density at radius 2 is 1.28 bits per heavy atom. The fourth-order valence-electron chi connectivity index (χ4n) is 9.66. The van der Waals surface area contributed by atoms with E-state index in [0.29, 0.717) is 49.8 Å². The first-order valence-corrected chi connectivity index (χ1v) is 27.7. The first kappa shape index (κ1) is 52.4. The lowest BCUT2D eigenvalue weighted by molar-refractivity contribution is -0.438. The summed E-state index contributed by atoms with van der Waals surface area (Å²) in [6, 6.07) is 16.8. The van der Waals surface area contributed by atoms with Crippen molar-refractivity contribution in [3.8, 4) is 0 Å². The molecule has 0 radical (unpaired) electrons. The van der Waals surface area contributed by atoms with E-state index in [1.807, 2.05) is 54.7 Å². The summed E-state index contributed by atoms with van der Waals surface area (Å²) in [5.74, 6) is -0.286. The van der Waals surface area contributed by atoms with E-state index in [1.54, 1.807) is 18.2 Å². The first-order chi connectivity index (χ1) is 32.1. The molecule has 4 aromatic carbocycles. The van der Waals surface area contributed by atoms with E-state index in [9.17, 15) is 43.7 Å². The number of hydrogen-bond acceptors (Lipinski definition) is 9. The van der Waals surface area contributed by atoms with Gasteiger partial charge in [0.05, 0.1) is 21.0 Å². The van der Waals surface area contributed by atoms with Crippen molar-refractivity contribution >= 4 is 74.9 Å². The Labute approximate surface area is 401 Å². The molecule has 0 bridgehead atoms. The van der Waals surface area contributed by atoms with Crippen LogP contribution in [-0.4, -0.2) is 87.0 Å². The molecule has 0 saturated carbocycles. The number of fused-ring (bicyclic) bond motifs is 6. The van der Waals surface area contributed by atoms with E-state index < -0.39 is 41.2 Å². The number of carbonyl (C=O) groups excluding carboxylic acids is 1. The normalized spacial score (nSPS) is 16.6. The van der Waals surface area contributed by atoms with Crippen molar-refractivity contribution in [2.24, 2.45) is 5.73 Å². The van der Waals surface area contributed by atoms with Gasteiger partial charge in [-0.1, -0.05) is 75.3 Å². The number of benzene rings is 4. The highest BCUT2D eigenvalue weighted by atomic mass is 32.2. The molecule has 0 saturated heterocycles. The topological polar surface area (TPSA) is 224 Å². The summed E-state index contributed by atoms with van der Waals surface area (Å²) in [4.78, 5) is 14.3. The van der Waals surface area contributed by atoms with Gasteiger partial charge in [0.25, 0.3) is 30.4 Å². The van der Waals surface area contributed by atoms with Gasteiger partial charge in [-0.3, -0.25) is 18.5 Å². The second-order valence-electron chi connectivity index (χ2n) is 18.6. The second-order valence-corrected chi connectivity index (χ2v) is 23.0. The summed E-state index contributed by atoms with van der Waals surface area (Å²) in [5, 5.41) is 6.09. The Kier molecular flexibility index (Phi) is 16.7. The smallest absolute Gasteiger partial charge is 0.294 e. The van der Waals surface area contributed by atoms with Crippen LogP contribution >= 0.6 is 0 Å². The molecule has 6 N–H and O–H groups in total. The van der Waals surface area contributed by atoms with Crippen LogP contribution in [0.1, 0.15) is 103 Å². The SMILES string of the molecule is CC1(C)C(/C=C/C=C/C=C/C=C2/N(CCCCS(=O)(=O)O)c3ccc4cc(S(=O)(=O)O)ccc4c3C2(C)C)=[N+](CCCCCC(=O)NCCCCCCN)c2ccc3cc(S(=O)(=O)O)ccc3c21. The van der Waals surface area contributed by atoms with Crippen LogP contribution in [0.5, 0.6) is 0 Å². The molecular formula is C51H65N4O10S3+. The van der Waals surface area contributed by atoms with Crippen LogP contribution in [0.2, 0.25) is 0 Å².